The molecule has 0 unspecified atom stereocenters. The molecule has 2 heterocycles. The van der Waals surface area contributed by atoms with Gasteiger partial charge in [0.1, 0.15) is 21.7 Å². The maximum Gasteiger partial charge on any atom is 0.166 e. The first-order valence-electron chi connectivity index (χ1n) is 7.72. The minimum absolute atomic E-state index is 0.296. The summed E-state index contributed by atoms with van der Waals surface area (Å²) in [6.45, 7) is 0. The van der Waals surface area contributed by atoms with E-state index in [0.717, 1.165) is 16.7 Å². The predicted octanol–water partition coefficient (Wildman–Crippen LogP) is 6.03. The molecule has 0 saturated heterocycles. The summed E-state index contributed by atoms with van der Waals surface area (Å²) in [6.07, 6.45) is 0. The van der Waals surface area contributed by atoms with Gasteiger partial charge in [-0.25, -0.2) is 9.50 Å². The van der Waals surface area contributed by atoms with Gasteiger partial charge in [0.25, 0.3) is 0 Å². The van der Waals surface area contributed by atoms with Gasteiger partial charge in [0.15, 0.2) is 5.65 Å². The van der Waals surface area contributed by atoms with Crippen molar-refractivity contribution in [1.82, 2.24) is 14.6 Å². The molecule has 4 nitrogen and oxygen atoms in total. The zero-order valence-corrected chi connectivity index (χ0v) is 15.8. The van der Waals surface area contributed by atoms with Crippen molar-refractivity contribution < 1.29 is 4.74 Å². The molecule has 0 saturated carbocycles. The lowest BCUT2D eigenvalue weighted by Gasteiger charge is -2.08. The van der Waals surface area contributed by atoms with Crippen molar-refractivity contribution in [1.29, 1.82) is 0 Å². The second kappa shape index (κ2) is 6.80. The maximum absolute atomic E-state index is 6.35. The average molecular weight is 405 g/mol. The molecule has 26 heavy (non-hydrogen) atoms. The number of halogens is 3. The Hall–Kier alpha value is -2.27. The monoisotopic (exact) mass is 403 g/mol. The van der Waals surface area contributed by atoms with Gasteiger partial charge in [-0.05, 0) is 29.8 Å². The van der Waals surface area contributed by atoms with E-state index in [9.17, 15) is 0 Å². The lowest BCUT2D eigenvalue weighted by Crippen LogP contribution is -1.92. The quantitative estimate of drug-likeness (QED) is 0.391. The fraction of sp³-hybridized carbons (Fsp3) is 0.0526. The highest BCUT2D eigenvalue weighted by Gasteiger charge is 2.21. The normalized spacial score (nSPS) is 11.1. The molecule has 0 amide bonds. The molecular formula is C19H12Cl3N3O. The molecule has 0 N–H and O–H groups in total. The van der Waals surface area contributed by atoms with Crippen LogP contribution in [-0.4, -0.2) is 21.7 Å². The van der Waals surface area contributed by atoms with Gasteiger partial charge in [0.05, 0.1) is 12.7 Å². The van der Waals surface area contributed by atoms with Crippen LogP contribution in [0, 0.1) is 0 Å². The second-order valence-corrected chi connectivity index (χ2v) is 6.78. The van der Waals surface area contributed by atoms with Gasteiger partial charge < -0.3 is 4.74 Å². The summed E-state index contributed by atoms with van der Waals surface area (Å²) in [5.41, 5.74) is 3.79. The highest BCUT2D eigenvalue weighted by molar-refractivity contribution is 6.33. The minimum atomic E-state index is 0.296. The average Bonchev–Trinajstić information content (AvgIpc) is 3.02. The van der Waals surface area contributed by atoms with Crippen molar-refractivity contribution in [2.45, 2.75) is 0 Å². The highest BCUT2D eigenvalue weighted by Crippen LogP contribution is 2.39. The standard InChI is InChI=1S/C19H12Cl3N3O/c1-26-14-5-3-2-4-13(14)18-17(11-6-8-12(20)9-7-11)19-23-15(21)10-16(22)25(19)24-18/h2-10H,1H3. The zero-order chi connectivity index (χ0) is 18.3. The van der Waals surface area contributed by atoms with Crippen molar-refractivity contribution in [3.05, 3.63) is 69.9 Å². The van der Waals surface area contributed by atoms with Crippen LogP contribution in [0.4, 0.5) is 0 Å². The van der Waals surface area contributed by atoms with Crippen molar-refractivity contribution in [3.8, 4) is 28.1 Å². The first-order chi connectivity index (χ1) is 12.6. The van der Waals surface area contributed by atoms with Crippen LogP contribution in [0.25, 0.3) is 28.0 Å². The van der Waals surface area contributed by atoms with Crippen molar-refractivity contribution in [2.75, 3.05) is 7.11 Å². The van der Waals surface area contributed by atoms with E-state index in [1.807, 2.05) is 48.5 Å². The van der Waals surface area contributed by atoms with Crippen LogP contribution >= 0.6 is 34.8 Å². The number of ether oxygens (including phenoxy) is 1. The van der Waals surface area contributed by atoms with Gasteiger partial charge >= 0.3 is 0 Å². The zero-order valence-electron chi connectivity index (χ0n) is 13.6. The molecule has 0 aliphatic carbocycles. The number of hydrogen-bond acceptors (Lipinski definition) is 3. The molecule has 2 aromatic heterocycles. The van der Waals surface area contributed by atoms with E-state index in [2.05, 4.69) is 10.1 Å². The second-order valence-electron chi connectivity index (χ2n) is 5.57. The number of para-hydroxylation sites is 1. The first-order valence-corrected chi connectivity index (χ1v) is 8.86. The number of benzene rings is 2. The van der Waals surface area contributed by atoms with Gasteiger partial charge in [0, 0.05) is 16.7 Å². The Morgan fingerprint density at radius 1 is 0.962 bits per heavy atom. The molecule has 7 heteroatoms. The van der Waals surface area contributed by atoms with E-state index in [1.165, 1.54) is 0 Å². The summed E-state index contributed by atoms with van der Waals surface area (Å²) in [7, 11) is 1.62. The van der Waals surface area contributed by atoms with E-state index in [-0.39, 0.29) is 0 Å². The summed E-state index contributed by atoms with van der Waals surface area (Å²) < 4.78 is 7.08. The highest BCUT2D eigenvalue weighted by atomic mass is 35.5. The number of rotatable bonds is 3. The third kappa shape index (κ3) is 2.90. The fourth-order valence-electron chi connectivity index (χ4n) is 2.87. The van der Waals surface area contributed by atoms with E-state index in [1.54, 1.807) is 17.7 Å². The topological polar surface area (TPSA) is 39.4 Å². The first kappa shape index (κ1) is 17.2. The fourth-order valence-corrected chi connectivity index (χ4v) is 3.45. The van der Waals surface area contributed by atoms with Crippen LogP contribution < -0.4 is 4.74 Å². The minimum Gasteiger partial charge on any atom is -0.496 e. The summed E-state index contributed by atoms with van der Waals surface area (Å²) >= 11 is 18.5. The Morgan fingerprint density at radius 3 is 2.42 bits per heavy atom. The largest absolute Gasteiger partial charge is 0.496 e. The molecule has 4 aromatic rings. The van der Waals surface area contributed by atoms with Gasteiger partial charge in [-0.15, -0.1) is 0 Å². The molecule has 0 radical (unpaired) electrons. The van der Waals surface area contributed by atoms with E-state index in [0.29, 0.717) is 32.4 Å². The molecule has 0 atom stereocenters. The number of nitrogens with zero attached hydrogens (tertiary/aromatic N) is 3. The number of fused-ring (bicyclic) bond motifs is 1. The smallest absolute Gasteiger partial charge is 0.166 e. The lowest BCUT2D eigenvalue weighted by atomic mass is 10.0. The molecule has 4 rings (SSSR count). The van der Waals surface area contributed by atoms with E-state index < -0.39 is 0 Å². The molecular weight excluding hydrogens is 393 g/mol. The van der Waals surface area contributed by atoms with Gasteiger partial charge in [-0.1, -0.05) is 59.1 Å². The molecule has 0 aliphatic heterocycles. The van der Waals surface area contributed by atoms with Crippen LogP contribution in [0.1, 0.15) is 0 Å². The third-order valence-corrected chi connectivity index (χ3v) is 4.72. The van der Waals surface area contributed by atoms with E-state index >= 15 is 0 Å². The van der Waals surface area contributed by atoms with Crippen molar-refractivity contribution in [3.63, 3.8) is 0 Å². The van der Waals surface area contributed by atoms with Gasteiger partial charge in [-0.2, -0.15) is 5.10 Å². The summed E-state index contributed by atoms with van der Waals surface area (Å²) in [5, 5.41) is 6.00. The molecule has 0 fully saturated rings. The van der Waals surface area contributed by atoms with Crippen LogP contribution in [0.5, 0.6) is 5.75 Å². The summed E-state index contributed by atoms with van der Waals surface area (Å²) in [4.78, 5) is 4.44. The molecule has 0 spiro atoms. The van der Waals surface area contributed by atoms with Crippen LogP contribution in [0.3, 0.4) is 0 Å². The lowest BCUT2D eigenvalue weighted by molar-refractivity contribution is 0.416. The third-order valence-electron chi connectivity index (χ3n) is 4.01. The summed E-state index contributed by atoms with van der Waals surface area (Å²) in [6, 6.07) is 16.7. The Labute approximate surface area is 164 Å². The van der Waals surface area contributed by atoms with Gasteiger partial charge in [0.2, 0.25) is 0 Å². The summed E-state index contributed by atoms with van der Waals surface area (Å²) in [5.74, 6) is 0.702. The molecule has 0 aliphatic rings. The Morgan fingerprint density at radius 2 is 1.69 bits per heavy atom. The Balaban J connectivity index is 2.11. The SMILES string of the molecule is COc1ccccc1-c1nn2c(Cl)cc(Cl)nc2c1-c1ccc(Cl)cc1. The van der Waals surface area contributed by atoms with Crippen LogP contribution in [0.15, 0.2) is 54.6 Å². The molecule has 0 bridgehead atoms. The van der Waals surface area contributed by atoms with Crippen molar-refractivity contribution in [2.24, 2.45) is 0 Å². The predicted molar refractivity (Wildman–Crippen MR) is 105 cm³/mol. The number of hydrogen-bond donors (Lipinski definition) is 0. The van der Waals surface area contributed by atoms with Crippen LogP contribution in [0.2, 0.25) is 15.3 Å². The molecule has 130 valence electrons. The number of methoxy groups -OCH3 is 1. The molecule has 2 aromatic carbocycles. The van der Waals surface area contributed by atoms with Gasteiger partial charge in [-0.3, -0.25) is 0 Å². The van der Waals surface area contributed by atoms with E-state index in [4.69, 9.17) is 39.5 Å². The maximum atomic E-state index is 6.35. The Bertz CT molecular complexity index is 1110. The van der Waals surface area contributed by atoms with Crippen LogP contribution in [-0.2, 0) is 0 Å². The Kier molecular flexibility index (Phi) is 4.49. The number of aromatic nitrogens is 3. The van der Waals surface area contributed by atoms with Crippen molar-refractivity contribution >= 4 is 40.4 Å².